The van der Waals surface area contributed by atoms with Gasteiger partial charge in [-0.25, -0.2) is 9.97 Å². The molecular formula is C12H17ClF2N4O. The van der Waals surface area contributed by atoms with Gasteiger partial charge in [0.1, 0.15) is 0 Å². The summed E-state index contributed by atoms with van der Waals surface area (Å²) in [6.45, 7) is 1.43. The van der Waals surface area contributed by atoms with Crippen LogP contribution in [0.25, 0.3) is 0 Å². The number of halogens is 3. The summed E-state index contributed by atoms with van der Waals surface area (Å²) in [5.41, 5.74) is 0.310. The third-order valence-electron chi connectivity index (χ3n) is 3.46. The number of nitrogens with one attached hydrogen (secondary N) is 2. The van der Waals surface area contributed by atoms with Crippen molar-refractivity contribution in [1.29, 1.82) is 0 Å². The number of rotatable bonds is 2. The highest BCUT2D eigenvalue weighted by Gasteiger charge is 2.38. The lowest BCUT2D eigenvalue weighted by Gasteiger charge is -2.26. The van der Waals surface area contributed by atoms with Crippen LogP contribution in [0, 0.1) is 0 Å². The van der Waals surface area contributed by atoms with Gasteiger partial charge in [-0.1, -0.05) is 0 Å². The molecule has 112 valence electrons. The van der Waals surface area contributed by atoms with E-state index in [1.54, 1.807) is 0 Å². The summed E-state index contributed by atoms with van der Waals surface area (Å²) in [5.74, 6) is -2.46. The van der Waals surface area contributed by atoms with Crippen molar-refractivity contribution in [3.8, 4) is 0 Å². The zero-order valence-electron chi connectivity index (χ0n) is 10.9. The van der Waals surface area contributed by atoms with Crippen LogP contribution in [0.4, 0.5) is 14.7 Å². The van der Waals surface area contributed by atoms with Gasteiger partial charge in [-0.05, 0) is 12.8 Å². The Bertz CT molecular complexity index is 469. The first-order chi connectivity index (χ1) is 9.15. The second kappa shape index (κ2) is 6.15. The highest BCUT2D eigenvalue weighted by molar-refractivity contribution is 5.85. The van der Waals surface area contributed by atoms with E-state index >= 15 is 0 Å². The Kier molecular flexibility index (Phi) is 4.72. The normalized spacial score (nSPS) is 21.7. The zero-order valence-corrected chi connectivity index (χ0v) is 11.7. The minimum absolute atomic E-state index is 0. The van der Waals surface area contributed by atoms with Gasteiger partial charge in [0, 0.05) is 32.0 Å². The van der Waals surface area contributed by atoms with Gasteiger partial charge in [0.15, 0.2) is 0 Å². The Morgan fingerprint density at radius 1 is 1.35 bits per heavy atom. The van der Waals surface area contributed by atoms with E-state index < -0.39 is 5.92 Å². The molecule has 2 aliphatic heterocycles. The number of hydrogen-bond donors (Lipinski definition) is 2. The molecule has 1 aromatic rings. The molecule has 1 aromatic heterocycles. The molecule has 3 rings (SSSR count). The standard InChI is InChI=1S/C12H16F2N4O.ClH/c13-12(14)7-15-6-10-9(12)5-16-11(18-10)17-8-1-3-19-4-2-8;/h5,8,15H,1-4,6-7H2,(H,16,17,18);1H. The van der Waals surface area contributed by atoms with Gasteiger partial charge < -0.3 is 15.4 Å². The van der Waals surface area contributed by atoms with Crippen LogP contribution in [0.2, 0.25) is 0 Å². The molecule has 0 amide bonds. The van der Waals surface area contributed by atoms with Crippen molar-refractivity contribution in [2.75, 3.05) is 25.1 Å². The minimum atomic E-state index is -2.88. The number of anilines is 1. The van der Waals surface area contributed by atoms with Gasteiger partial charge in [-0.3, -0.25) is 0 Å². The Labute approximate surface area is 121 Å². The fourth-order valence-electron chi connectivity index (χ4n) is 2.38. The van der Waals surface area contributed by atoms with Gasteiger partial charge in [0.05, 0.1) is 17.8 Å². The summed E-state index contributed by atoms with van der Waals surface area (Å²) in [7, 11) is 0. The molecule has 0 bridgehead atoms. The lowest BCUT2D eigenvalue weighted by Crippen LogP contribution is -2.38. The molecule has 0 unspecified atom stereocenters. The first kappa shape index (κ1) is 15.3. The van der Waals surface area contributed by atoms with Gasteiger partial charge in [0.25, 0.3) is 5.92 Å². The van der Waals surface area contributed by atoms with Crippen LogP contribution >= 0.6 is 12.4 Å². The summed E-state index contributed by atoms with van der Waals surface area (Å²) < 4.78 is 32.5. The van der Waals surface area contributed by atoms with Gasteiger partial charge >= 0.3 is 0 Å². The van der Waals surface area contributed by atoms with Crippen molar-refractivity contribution in [3.05, 3.63) is 17.5 Å². The van der Waals surface area contributed by atoms with Crippen molar-refractivity contribution in [2.24, 2.45) is 0 Å². The van der Waals surface area contributed by atoms with E-state index in [0.29, 0.717) is 31.4 Å². The maximum absolute atomic E-state index is 13.6. The Morgan fingerprint density at radius 3 is 2.85 bits per heavy atom. The topological polar surface area (TPSA) is 59.1 Å². The van der Waals surface area contributed by atoms with Crippen molar-refractivity contribution >= 4 is 18.4 Å². The number of aromatic nitrogens is 2. The van der Waals surface area contributed by atoms with Gasteiger partial charge in [-0.2, -0.15) is 8.78 Å². The second-order valence-corrected chi connectivity index (χ2v) is 4.89. The molecule has 0 atom stereocenters. The van der Waals surface area contributed by atoms with Crippen LogP contribution in [0.5, 0.6) is 0 Å². The number of nitrogens with zero attached hydrogens (tertiary/aromatic N) is 2. The molecule has 20 heavy (non-hydrogen) atoms. The second-order valence-electron chi connectivity index (χ2n) is 4.89. The molecule has 3 heterocycles. The lowest BCUT2D eigenvalue weighted by molar-refractivity contribution is -0.0119. The Hall–Kier alpha value is -1.05. The van der Waals surface area contributed by atoms with Gasteiger partial charge in [0.2, 0.25) is 5.95 Å². The average Bonchev–Trinajstić information content (AvgIpc) is 2.39. The zero-order chi connectivity index (χ0) is 13.3. The van der Waals surface area contributed by atoms with E-state index in [9.17, 15) is 8.78 Å². The summed E-state index contributed by atoms with van der Waals surface area (Å²) in [6.07, 6.45) is 3.01. The summed E-state index contributed by atoms with van der Waals surface area (Å²) in [5, 5.41) is 5.86. The van der Waals surface area contributed by atoms with Crippen LogP contribution in [-0.2, 0) is 17.2 Å². The molecule has 5 nitrogen and oxygen atoms in total. The predicted octanol–water partition coefficient (Wildman–Crippen LogP) is 1.68. The third kappa shape index (κ3) is 3.16. The largest absolute Gasteiger partial charge is 0.381 e. The summed E-state index contributed by atoms with van der Waals surface area (Å²) in [6, 6.07) is 0.254. The maximum atomic E-state index is 13.6. The fourth-order valence-corrected chi connectivity index (χ4v) is 2.38. The molecule has 0 spiro atoms. The fraction of sp³-hybridized carbons (Fsp3) is 0.667. The number of alkyl halides is 2. The molecule has 1 fully saturated rings. The monoisotopic (exact) mass is 306 g/mol. The quantitative estimate of drug-likeness (QED) is 0.871. The first-order valence-electron chi connectivity index (χ1n) is 6.44. The predicted molar refractivity (Wildman–Crippen MR) is 72.3 cm³/mol. The van der Waals surface area contributed by atoms with Crippen LogP contribution in [-0.4, -0.2) is 35.8 Å². The Balaban J connectivity index is 0.00000147. The molecule has 2 aliphatic rings. The molecular weight excluding hydrogens is 290 g/mol. The van der Waals surface area contributed by atoms with E-state index in [4.69, 9.17) is 4.74 Å². The average molecular weight is 307 g/mol. The third-order valence-corrected chi connectivity index (χ3v) is 3.46. The van der Waals surface area contributed by atoms with E-state index in [-0.39, 0.29) is 30.6 Å². The van der Waals surface area contributed by atoms with E-state index in [0.717, 1.165) is 12.8 Å². The van der Waals surface area contributed by atoms with Crippen molar-refractivity contribution in [1.82, 2.24) is 15.3 Å². The number of ether oxygens (including phenoxy) is 1. The van der Waals surface area contributed by atoms with Crippen LogP contribution < -0.4 is 10.6 Å². The highest BCUT2D eigenvalue weighted by atomic mass is 35.5. The van der Waals surface area contributed by atoms with Crippen molar-refractivity contribution in [2.45, 2.75) is 31.4 Å². The molecule has 0 aliphatic carbocycles. The van der Waals surface area contributed by atoms with E-state index in [2.05, 4.69) is 20.6 Å². The maximum Gasteiger partial charge on any atom is 0.288 e. The van der Waals surface area contributed by atoms with E-state index in [1.807, 2.05) is 0 Å². The molecule has 1 saturated heterocycles. The SMILES string of the molecule is Cl.FC1(F)CNCc2nc(NC3CCOCC3)ncc21. The molecule has 0 saturated carbocycles. The molecule has 8 heteroatoms. The molecule has 0 aromatic carbocycles. The minimum Gasteiger partial charge on any atom is -0.381 e. The molecule has 0 radical (unpaired) electrons. The summed E-state index contributed by atoms with van der Waals surface area (Å²) >= 11 is 0. The highest BCUT2D eigenvalue weighted by Crippen LogP contribution is 2.32. The van der Waals surface area contributed by atoms with Crippen molar-refractivity contribution in [3.63, 3.8) is 0 Å². The van der Waals surface area contributed by atoms with Gasteiger partial charge in [-0.15, -0.1) is 12.4 Å². The Morgan fingerprint density at radius 2 is 2.10 bits per heavy atom. The first-order valence-corrected chi connectivity index (χ1v) is 6.44. The van der Waals surface area contributed by atoms with Crippen LogP contribution in [0.1, 0.15) is 24.1 Å². The lowest BCUT2D eigenvalue weighted by atomic mass is 10.1. The van der Waals surface area contributed by atoms with Crippen molar-refractivity contribution < 1.29 is 13.5 Å². The number of hydrogen-bond acceptors (Lipinski definition) is 5. The van der Waals surface area contributed by atoms with E-state index in [1.165, 1.54) is 6.20 Å². The van der Waals surface area contributed by atoms with Crippen LogP contribution in [0.15, 0.2) is 6.20 Å². The smallest absolute Gasteiger partial charge is 0.288 e. The number of fused-ring (bicyclic) bond motifs is 1. The summed E-state index contributed by atoms with van der Waals surface area (Å²) in [4.78, 5) is 8.21. The molecule has 2 N–H and O–H groups in total. The van der Waals surface area contributed by atoms with Crippen LogP contribution in [0.3, 0.4) is 0 Å².